The summed E-state index contributed by atoms with van der Waals surface area (Å²) in [5.41, 5.74) is -0.629. The van der Waals surface area contributed by atoms with Gasteiger partial charge in [-0.25, -0.2) is 9.97 Å². The molecule has 0 fully saturated rings. The Labute approximate surface area is 156 Å². The van der Waals surface area contributed by atoms with Crippen LogP contribution in [-0.2, 0) is 0 Å². The number of hydrogen-bond acceptors (Lipinski definition) is 8. The van der Waals surface area contributed by atoms with Crippen molar-refractivity contribution in [3.05, 3.63) is 57.1 Å². The van der Waals surface area contributed by atoms with Crippen LogP contribution in [0.1, 0.15) is 27.7 Å². The fourth-order valence-corrected chi connectivity index (χ4v) is 2.25. The van der Waals surface area contributed by atoms with Crippen molar-refractivity contribution in [2.24, 2.45) is 5.41 Å². The van der Waals surface area contributed by atoms with Crippen molar-refractivity contribution in [3.63, 3.8) is 0 Å². The van der Waals surface area contributed by atoms with Crippen molar-refractivity contribution in [2.75, 3.05) is 16.0 Å². The monoisotopic (exact) mass is 366 g/mol. The van der Waals surface area contributed by atoms with Crippen molar-refractivity contribution >= 4 is 29.0 Å². The van der Waals surface area contributed by atoms with Gasteiger partial charge in [-0.1, -0.05) is 26.8 Å². The van der Waals surface area contributed by atoms with Crippen LogP contribution in [0, 0.1) is 5.41 Å². The molecule has 1 aromatic carbocycles. The standard InChI is InChI=1S/C19H22N6O2/c1-11(19(2,3)4)22-14-15(17(27)16(14)26)23-13-8-10-21-18(25-13)24-12-7-5-6-9-20-12/h5-11,22H,1-4H3,(H2,20,21,23,24,25)/t11-/m1/s1. The second-order valence-corrected chi connectivity index (χ2v) is 7.37. The van der Waals surface area contributed by atoms with Crippen LogP contribution in [-0.4, -0.2) is 21.0 Å². The van der Waals surface area contributed by atoms with Crippen LogP contribution in [0.2, 0.25) is 0 Å². The minimum absolute atomic E-state index is 0.00753. The molecule has 0 spiro atoms. The summed E-state index contributed by atoms with van der Waals surface area (Å²) in [6.45, 7) is 8.15. The summed E-state index contributed by atoms with van der Waals surface area (Å²) < 4.78 is 0. The van der Waals surface area contributed by atoms with Gasteiger partial charge in [-0.2, -0.15) is 4.98 Å². The Morgan fingerprint density at radius 1 is 0.889 bits per heavy atom. The molecule has 3 aromatic rings. The number of nitrogens with one attached hydrogen (secondary N) is 3. The van der Waals surface area contributed by atoms with E-state index < -0.39 is 10.9 Å². The van der Waals surface area contributed by atoms with E-state index in [4.69, 9.17) is 0 Å². The zero-order valence-electron chi connectivity index (χ0n) is 15.7. The molecule has 140 valence electrons. The van der Waals surface area contributed by atoms with Gasteiger partial charge >= 0.3 is 0 Å². The lowest BCUT2D eigenvalue weighted by atomic mass is 9.87. The Bertz CT molecular complexity index is 1000. The van der Waals surface area contributed by atoms with Crippen molar-refractivity contribution in [1.29, 1.82) is 0 Å². The van der Waals surface area contributed by atoms with Gasteiger partial charge in [-0.05, 0) is 30.5 Å². The van der Waals surface area contributed by atoms with E-state index in [2.05, 4.69) is 51.7 Å². The van der Waals surface area contributed by atoms with Gasteiger partial charge in [0.1, 0.15) is 23.0 Å². The molecule has 8 heteroatoms. The van der Waals surface area contributed by atoms with E-state index in [0.717, 1.165) is 0 Å². The SMILES string of the molecule is C[C@@H](Nc1c(Nc2ccnc(Nc3ccccn3)n2)c(=O)c1=O)C(C)(C)C. The molecule has 0 unspecified atom stereocenters. The molecule has 0 saturated heterocycles. The van der Waals surface area contributed by atoms with Crippen LogP contribution in [0.25, 0.3) is 0 Å². The summed E-state index contributed by atoms with van der Waals surface area (Å²) in [6.07, 6.45) is 3.21. The van der Waals surface area contributed by atoms with Gasteiger partial charge < -0.3 is 16.0 Å². The van der Waals surface area contributed by atoms with Crippen molar-refractivity contribution in [1.82, 2.24) is 15.0 Å². The molecule has 3 rings (SSSR count). The first-order valence-corrected chi connectivity index (χ1v) is 8.63. The van der Waals surface area contributed by atoms with E-state index in [1.54, 1.807) is 24.5 Å². The Hall–Kier alpha value is -3.29. The highest BCUT2D eigenvalue weighted by molar-refractivity contribution is 5.78. The number of pyridine rings is 1. The molecule has 27 heavy (non-hydrogen) atoms. The third-order valence-corrected chi connectivity index (χ3v) is 4.38. The Balaban J connectivity index is 1.78. The summed E-state index contributed by atoms with van der Waals surface area (Å²) in [5.74, 6) is 1.34. The highest BCUT2D eigenvalue weighted by atomic mass is 16.2. The van der Waals surface area contributed by atoms with Gasteiger partial charge in [-0.3, -0.25) is 9.59 Å². The third kappa shape index (κ3) is 4.11. The lowest BCUT2D eigenvalue weighted by molar-refractivity contribution is 0.359. The van der Waals surface area contributed by atoms with E-state index in [0.29, 0.717) is 23.3 Å². The molecule has 0 bridgehead atoms. The third-order valence-electron chi connectivity index (χ3n) is 4.38. The maximum Gasteiger partial charge on any atom is 0.253 e. The first-order valence-electron chi connectivity index (χ1n) is 8.63. The Morgan fingerprint density at radius 3 is 2.30 bits per heavy atom. The van der Waals surface area contributed by atoms with Crippen LogP contribution >= 0.6 is 0 Å². The number of aromatic nitrogens is 3. The smallest absolute Gasteiger partial charge is 0.253 e. The summed E-state index contributed by atoms with van der Waals surface area (Å²) in [7, 11) is 0. The van der Waals surface area contributed by atoms with E-state index >= 15 is 0 Å². The molecule has 2 heterocycles. The number of hydrogen-bond donors (Lipinski definition) is 3. The highest BCUT2D eigenvalue weighted by Crippen LogP contribution is 2.26. The van der Waals surface area contributed by atoms with E-state index in [1.807, 2.05) is 19.1 Å². The molecule has 2 aromatic heterocycles. The molecule has 3 N–H and O–H groups in total. The van der Waals surface area contributed by atoms with Crippen molar-refractivity contribution in [3.8, 4) is 0 Å². The minimum Gasteiger partial charge on any atom is -0.377 e. The predicted molar refractivity (Wildman–Crippen MR) is 107 cm³/mol. The molecule has 0 aliphatic rings. The van der Waals surface area contributed by atoms with Crippen LogP contribution in [0.15, 0.2) is 46.2 Å². The van der Waals surface area contributed by atoms with Crippen LogP contribution < -0.4 is 26.8 Å². The van der Waals surface area contributed by atoms with Crippen LogP contribution in [0.3, 0.4) is 0 Å². The highest BCUT2D eigenvalue weighted by Gasteiger charge is 2.27. The minimum atomic E-state index is -0.559. The topological polar surface area (TPSA) is 109 Å². The second-order valence-electron chi connectivity index (χ2n) is 7.37. The number of nitrogens with zero attached hydrogens (tertiary/aromatic N) is 3. The Kier molecular flexibility index (Phi) is 4.89. The molecule has 8 nitrogen and oxygen atoms in total. The van der Waals surface area contributed by atoms with Gasteiger partial charge in [0.05, 0.1) is 0 Å². The van der Waals surface area contributed by atoms with E-state index in [-0.39, 0.29) is 17.1 Å². The van der Waals surface area contributed by atoms with Crippen molar-refractivity contribution < 1.29 is 0 Å². The summed E-state index contributed by atoms with van der Waals surface area (Å²) in [4.78, 5) is 36.6. The quantitative estimate of drug-likeness (QED) is 0.572. The second kappa shape index (κ2) is 7.14. The summed E-state index contributed by atoms with van der Waals surface area (Å²) in [6, 6.07) is 7.07. The fraction of sp³-hybridized carbons (Fsp3) is 0.316. The number of rotatable bonds is 6. The molecule has 0 amide bonds. The zero-order valence-corrected chi connectivity index (χ0v) is 15.7. The van der Waals surface area contributed by atoms with Gasteiger partial charge in [0, 0.05) is 18.4 Å². The Morgan fingerprint density at radius 2 is 1.63 bits per heavy atom. The van der Waals surface area contributed by atoms with Gasteiger partial charge in [0.15, 0.2) is 0 Å². The largest absolute Gasteiger partial charge is 0.377 e. The van der Waals surface area contributed by atoms with Gasteiger partial charge in [0.25, 0.3) is 10.9 Å². The molecule has 0 aliphatic heterocycles. The van der Waals surface area contributed by atoms with Crippen LogP contribution in [0.4, 0.5) is 29.0 Å². The average molecular weight is 366 g/mol. The first-order chi connectivity index (χ1) is 12.8. The molecular formula is C19H22N6O2. The van der Waals surface area contributed by atoms with E-state index in [1.165, 1.54) is 0 Å². The fourth-order valence-electron chi connectivity index (χ4n) is 2.25. The lowest BCUT2D eigenvalue weighted by Crippen LogP contribution is -2.41. The summed E-state index contributed by atoms with van der Waals surface area (Å²) >= 11 is 0. The maximum absolute atomic E-state index is 12.0. The normalized spacial score (nSPS) is 12.6. The van der Waals surface area contributed by atoms with Crippen molar-refractivity contribution in [2.45, 2.75) is 33.7 Å². The average Bonchev–Trinajstić information content (AvgIpc) is 2.64. The lowest BCUT2D eigenvalue weighted by Gasteiger charge is -2.30. The van der Waals surface area contributed by atoms with Gasteiger partial charge in [0.2, 0.25) is 5.95 Å². The van der Waals surface area contributed by atoms with Gasteiger partial charge in [-0.15, -0.1) is 0 Å². The predicted octanol–water partition coefficient (Wildman–Crippen LogP) is 2.80. The molecule has 1 atom stereocenters. The molecule has 0 saturated carbocycles. The number of anilines is 5. The first kappa shape index (κ1) is 18.5. The maximum atomic E-state index is 12.0. The molecular weight excluding hydrogens is 344 g/mol. The zero-order chi connectivity index (χ0) is 19.6. The molecule has 0 aliphatic carbocycles. The van der Waals surface area contributed by atoms with E-state index in [9.17, 15) is 9.59 Å². The molecule has 0 radical (unpaired) electrons. The van der Waals surface area contributed by atoms with Crippen LogP contribution in [0.5, 0.6) is 0 Å². The summed E-state index contributed by atoms with van der Waals surface area (Å²) in [5, 5.41) is 9.05.